The van der Waals surface area contributed by atoms with Crippen LogP contribution in [-0.2, 0) is 4.79 Å². The van der Waals surface area contributed by atoms with Gasteiger partial charge in [0.05, 0.1) is 0 Å². The second kappa shape index (κ2) is 4.72. The van der Waals surface area contributed by atoms with E-state index in [1.54, 1.807) is 6.92 Å². The van der Waals surface area contributed by atoms with E-state index in [-0.39, 0.29) is 12.2 Å². The molecule has 0 saturated carbocycles. The summed E-state index contributed by atoms with van der Waals surface area (Å²) in [4.78, 5) is 10.6. The second-order valence-corrected chi connectivity index (χ2v) is 2.90. The van der Waals surface area contributed by atoms with Crippen molar-refractivity contribution in [1.82, 2.24) is 0 Å². The summed E-state index contributed by atoms with van der Waals surface area (Å²) < 4.78 is 30.6. The number of carboxylic acid groups (broad SMARTS) is 1. The molecule has 0 aromatic heterocycles. The maximum atomic E-state index is 13.1. The van der Waals surface area contributed by atoms with E-state index in [1.165, 1.54) is 12.1 Å². The normalized spacial score (nSPS) is 12.2. The van der Waals surface area contributed by atoms with Gasteiger partial charge < -0.3 is 9.84 Å². The monoisotopic (exact) mass is 216 g/mol. The summed E-state index contributed by atoms with van der Waals surface area (Å²) in [6.07, 6.45) is -0.994. The molecule has 1 unspecified atom stereocenters. The Morgan fingerprint density at radius 3 is 2.73 bits per heavy atom. The Balaban J connectivity index is 2.88. The number of benzene rings is 1. The summed E-state index contributed by atoms with van der Waals surface area (Å²) in [5.74, 6) is -3.82. The van der Waals surface area contributed by atoms with Crippen LogP contribution in [0.3, 0.4) is 0 Å². The van der Waals surface area contributed by atoms with Crippen molar-refractivity contribution >= 4 is 5.97 Å². The van der Waals surface area contributed by atoms with Gasteiger partial charge in [-0.15, -0.1) is 0 Å². The lowest BCUT2D eigenvalue weighted by Gasteiger charge is -2.13. The molecule has 0 aliphatic carbocycles. The predicted octanol–water partition coefficient (Wildman–Crippen LogP) is 2.21. The largest absolute Gasteiger partial charge is 0.479 e. The van der Waals surface area contributed by atoms with Gasteiger partial charge in [-0.3, -0.25) is 0 Å². The molecule has 1 N–H and O–H groups in total. The number of carboxylic acids is 1. The highest BCUT2D eigenvalue weighted by Crippen LogP contribution is 2.21. The van der Waals surface area contributed by atoms with Crippen LogP contribution in [0, 0.1) is 11.6 Å². The van der Waals surface area contributed by atoms with Crippen molar-refractivity contribution in [3.05, 3.63) is 29.8 Å². The topological polar surface area (TPSA) is 46.5 Å². The van der Waals surface area contributed by atoms with E-state index in [1.807, 2.05) is 0 Å². The third-order valence-corrected chi connectivity index (χ3v) is 1.83. The summed E-state index contributed by atoms with van der Waals surface area (Å²) in [6.45, 7) is 1.58. The van der Waals surface area contributed by atoms with Gasteiger partial charge in [0.2, 0.25) is 5.82 Å². The summed E-state index contributed by atoms with van der Waals surface area (Å²) in [7, 11) is 0. The Morgan fingerprint density at radius 1 is 1.53 bits per heavy atom. The molecule has 0 heterocycles. The molecule has 1 rings (SSSR count). The van der Waals surface area contributed by atoms with E-state index in [0.717, 1.165) is 6.07 Å². The van der Waals surface area contributed by atoms with E-state index in [0.29, 0.717) is 0 Å². The van der Waals surface area contributed by atoms with Crippen LogP contribution in [0.2, 0.25) is 0 Å². The smallest absolute Gasteiger partial charge is 0.344 e. The number of hydrogen-bond donors (Lipinski definition) is 1. The third-order valence-electron chi connectivity index (χ3n) is 1.83. The molecule has 5 heteroatoms. The molecule has 15 heavy (non-hydrogen) atoms. The fourth-order valence-corrected chi connectivity index (χ4v) is 1.04. The van der Waals surface area contributed by atoms with Crippen LogP contribution in [0.25, 0.3) is 0 Å². The predicted molar refractivity (Wildman–Crippen MR) is 48.7 cm³/mol. The third kappa shape index (κ3) is 2.65. The van der Waals surface area contributed by atoms with Gasteiger partial charge >= 0.3 is 5.97 Å². The van der Waals surface area contributed by atoms with Gasteiger partial charge in [0.25, 0.3) is 0 Å². The highest BCUT2D eigenvalue weighted by Gasteiger charge is 2.19. The lowest BCUT2D eigenvalue weighted by Crippen LogP contribution is -2.26. The zero-order valence-corrected chi connectivity index (χ0v) is 8.04. The second-order valence-electron chi connectivity index (χ2n) is 2.90. The maximum absolute atomic E-state index is 13.1. The van der Waals surface area contributed by atoms with Crippen LogP contribution in [-0.4, -0.2) is 17.2 Å². The van der Waals surface area contributed by atoms with Crippen LogP contribution in [0.4, 0.5) is 8.78 Å². The quantitative estimate of drug-likeness (QED) is 0.839. The molecule has 3 nitrogen and oxygen atoms in total. The Morgan fingerprint density at radius 2 is 2.20 bits per heavy atom. The first-order valence-corrected chi connectivity index (χ1v) is 4.39. The Labute approximate surface area is 85.3 Å². The minimum absolute atomic E-state index is 0.172. The average molecular weight is 216 g/mol. The van der Waals surface area contributed by atoms with Crippen LogP contribution < -0.4 is 4.74 Å². The maximum Gasteiger partial charge on any atom is 0.344 e. The van der Waals surface area contributed by atoms with Crippen molar-refractivity contribution in [3.63, 3.8) is 0 Å². The molecule has 0 saturated heterocycles. The first-order valence-electron chi connectivity index (χ1n) is 4.39. The molecular formula is C10H10F2O3. The molecular weight excluding hydrogens is 206 g/mol. The summed E-state index contributed by atoms with van der Waals surface area (Å²) in [6, 6.07) is 3.37. The van der Waals surface area contributed by atoms with Crippen molar-refractivity contribution in [3.8, 4) is 5.75 Å². The summed E-state index contributed by atoms with van der Waals surface area (Å²) >= 11 is 0. The molecule has 0 aliphatic rings. The van der Waals surface area contributed by atoms with E-state index in [4.69, 9.17) is 9.84 Å². The number of ether oxygens (including phenoxy) is 1. The van der Waals surface area contributed by atoms with Gasteiger partial charge in [0, 0.05) is 0 Å². The minimum atomic E-state index is -1.21. The molecule has 0 fully saturated rings. The highest BCUT2D eigenvalue weighted by molar-refractivity contribution is 5.72. The lowest BCUT2D eigenvalue weighted by molar-refractivity contribution is -0.145. The molecule has 0 spiro atoms. The van der Waals surface area contributed by atoms with Crippen LogP contribution >= 0.6 is 0 Å². The lowest BCUT2D eigenvalue weighted by atomic mass is 10.2. The van der Waals surface area contributed by atoms with Gasteiger partial charge in [0.1, 0.15) is 0 Å². The molecule has 1 atom stereocenters. The van der Waals surface area contributed by atoms with E-state index < -0.39 is 23.7 Å². The first-order chi connectivity index (χ1) is 7.06. The highest BCUT2D eigenvalue weighted by atomic mass is 19.2. The van der Waals surface area contributed by atoms with E-state index in [9.17, 15) is 13.6 Å². The van der Waals surface area contributed by atoms with Crippen molar-refractivity contribution in [2.24, 2.45) is 0 Å². The van der Waals surface area contributed by atoms with Gasteiger partial charge in [-0.05, 0) is 18.6 Å². The Hall–Kier alpha value is -1.65. The Kier molecular flexibility index (Phi) is 3.60. The Bertz CT molecular complexity index is 366. The van der Waals surface area contributed by atoms with Crippen LogP contribution in [0.5, 0.6) is 5.75 Å². The van der Waals surface area contributed by atoms with Gasteiger partial charge in [0.15, 0.2) is 17.7 Å². The zero-order valence-electron chi connectivity index (χ0n) is 8.04. The standard InChI is InChI=1S/C10H10F2O3/c1-2-7(10(13)14)15-8-5-3-4-6(11)9(8)12/h3-5,7H,2H2,1H3,(H,13,14). The minimum Gasteiger partial charge on any atom is -0.479 e. The van der Waals surface area contributed by atoms with Crippen molar-refractivity contribution < 1.29 is 23.4 Å². The average Bonchev–Trinajstić information content (AvgIpc) is 2.19. The number of carbonyl (C=O) groups is 1. The first kappa shape index (κ1) is 11.4. The molecule has 0 amide bonds. The van der Waals surface area contributed by atoms with E-state index >= 15 is 0 Å². The van der Waals surface area contributed by atoms with Crippen molar-refractivity contribution in [2.45, 2.75) is 19.4 Å². The van der Waals surface area contributed by atoms with Gasteiger partial charge in [-0.1, -0.05) is 13.0 Å². The number of aliphatic carboxylic acids is 1. The van der Waals surface area contributed by atoms with Gasteiger partial charge in [-0.25, -0.2) is 9.18 Å². The summed E-state index contributed by atoms with van der Waals surface area (Å²) in [5.41, 5.74) is 0. The number of halogens is 2. The van der Waals surface area contributed by atoms with Crippen LogP contribution in [0.1, 0.15) is 13.3 Å². The zero-order chi connectivity index (χ0) is 11.4. The van der Waals surface area contributed by atoms with Crippen LogP contribution in [0.15, 0.2) is 18.2 Å². The van der Waals surface area contributed by atoms with Gasteiger partial charge in [-0.2, -0.15) is 4.39 Å². The number of hydrogen-bond acceptors (Lipinski definition) is 2. The van der Waals surface area contributed by atoms with Crippen molar-refractivity contribution in [2.75, 3.05) is 0 Å². The molecule has 1 aromatic rings. The summed E-state index contributed by atoms with van der Waals surface area (Å²) in [5, 5.41) is 8.65. The van der Waals surface area contributed by atoms with Crippen molar-refractivity contribution in [1.29, 1.82) is 0 Å². The fraction of sp³-hybridized carbons (Fsp3) is 0.300. The fourth-order valence-electron chi connectivity index (χ4n) is 1.04. The molecule has 0 bridgehead atoms. The SMILES string of the molecule is CCC(Oc1cccc(F)c1F)C(=O)O. The molecule has 0 aliphatic heterocycles. The molecule has 82 valence electrons. The molecule has 1 aromatic carbocycles. The number of rotatable bonds is 4. The van der Waals surface area contributed by atoms with E-state index in [2.05, 4.69) is 0 Å². The molecule has 0 radical (unpaired) electrons.